The molecule has 0 amide bonds. The van der Waals surface area contributed by atoms with Crippen LogP contribution in [0.15, 0.2) is 71.3 Å². The number of benzene rings is 3. The molecule has 0 saturated heterocycles. The van der Waals surface area contributed by atoms with Crippen molar-refractivity contribution in [2.75, 3.05) is 0 Å². The number of fused-ring (bicyclic) bond motifs is 4. The molecule has 186 valence electrons. The van der Waals surface area contributed by atoms with E-state index in [0.717, 1.165) is 57.0 Å². The van der Waals surface area contributed by atoms with E-state index in [2.05, 4.69) is 47.9 Å². The molecule has 2 heterocycles. The highest BCUT2D eigenvalue weighted by Crippen LogP contribution is 2.43. The summed E-state index contributed by atoms with van der Waals surface area (Å²) in [5.74, 6) is 1.49. The summed E-state index contributed by atoms with van der Waals surface area (Å²) in [5, 5.41) is 1.99. The Morgan fingerprint density at radius 2 is 1.59 bits per heavy atom. The van der Waals surface area contributed by atoms with Crippen LogP contribution < -0.4 is 4.57 Å². The second kappa shape index (κ2) is 8.83. The lowest BCUT2D eigenvalue weighted by Gasteiger charge is -2.29. The Balaban J connectivity index is 1.37. The third-order valence-corrected chi connectivity index (χ3v) is 9.11. The van der Waals surface area contributed by atoms with Crippen LogP contribution in [0.3, 0.4) is 0 Å². The lowest BCUT2D eigenvalue weighted by atomic mass is 9.76. The molecule has 2 aliphatic carbocycles. The molecule has 2 nitrogen and oxygen atoms in total. The molecule has 1 saturated carbocycles. The van der Waals surface area contributed by atoms with Crippen LogP contribution in [0.4, 0.5) is 4.39 Å². The van der Waals surface area contributed by atoms with Gasteiger partial charge in [0.25, 0.3) is 0 Å². The zero-order valence-corrected chi connectivity index (χ0v) is 21.7. The molecule has 3 aromatic carbocycles. The largest absolute Gasteiger partial charge is 0.454 e. The molecule has 1 unspecified atom stereocenters. The van der Waals surface area contributed by atoms with Crippen LogP contribution in [0.1, 0.15) is 48.8 Å². The molecule has 0 radical (unpaired) electrons. The van der Waals surface area contributed by atoms with Crippen LogP contribution in [-0.4, -0.2) is 0 Å². The molecule has 7 rings (SSSR count). The Labute approximate surface area is 217 Å². The summed E-state index contributed by atoms with van der Waals surface area (Å²) >= 11 is 0. The standard InChI is InChI=1S/C34H33FNO/c1-21-10-15-27-28-16-17-29(35)32(34(28)37-33(27)31(21)30-9-5-6-18-36(30)2)26-14-13-24-19-23(11-12-25(24)20-26)22-7-3-4-8-22/h5-6,9-10,13-18,20,22-23H,3-4,7-8,11-12,19H2,1-2H3/q+1. The Hall–Kier alpha value is -3.46. The van der Waals surface area contributed by atoms with Gasteiger partial charge in [-0.2, -0.15) is 0 Å². The summed E-state index contributed by atoms with van der Waals surface area (Å²) in [7, 11) is 2.05. The van der Waals surface area contributed by atoms with E-state index in [0.29, 0.717) is 11.1 Å². The van der Waals surface area contributed by atoms with E-state index in [9.17, 15) is 0 Å². The van der Waals surface area contributed by atoms with E-state index in [1.807, 2.05) is 31.4 Å². The van der Waals surface area contributed by atoms with E-state index in [1.165, 1.54) is 49.7 Å². The number of halogens is 1. The topological polar surface area (TPSA) is 17.0 Å². The molecule has 37 heavy (non-hydrogen) atoms. The molecule has 2 aromatic heterocycles. The minimum atomic E-state index is -0.227. The number of aromatic nitrogens is 1. The fraction of sp³-hybridized carbons (Fsp3) is 0.324. The first kappa shape index (κ1) is 22.7. The predicted octanol–water partition coefficient (Wildman–Crippen LogP) is 8.49. The summed E-state index contributed by atoms with van der Waals surface area (Å²) in [6.45, 7) is 2.11. The zero-order chi connectivity index (χ0) is 25.1. The van der Waals surface area contributed by atoms with E-state index in [-0.39, 0.29) is 5.82 Å². The van der Waals surface area contributed by atoms with Crippen molar-refractivity contribution in [3.8, 4) is 22.4 Å². The molecule has 3 heteroatoms. The first-order valence-electron chi connectivity index (χ1n) is 13.8. The smallest absolute Gasteiger partial charge is 0.216 e. The fourth-order valence-electron chi connectivity index (χ4n) is 7.12. The molecule has 0 spiro atoms. The second-order valence-electron chi connectivity index (χ2n) is 11.3. The van der Waals surface area contributed by atoms with E-state index >= 15 is 4.39 Å². The summed E-state index contributed by atoms with van der Waals surface area (Å²) in [6, 6.07) is 20.5. The lowest BCUT2D eigenvalue weighted by molar-refractivity contribution is -0.660. The molecule has 0 aliphatic heterocycles. The number of hydrogen-bond donors (Lipinski definition) is 0. The van der Waals surface area contributed by atoms with Crippen molar-refractivity contribution < 1.29 is 13.4 Å². The monoisotopic (exact) mass is 490 g/mol. The van der Waals surface area contributed by atoms with Gasteiger partial charge in [-0.15, -0.1) is 0 Å². The maximum absolute atomic E-state index is 15.5. The van der Waals surface area contributed by atoms with Crippen molar-refractivity contribution in [1.82, 2.24) is 0 Å². The van der Waals surface area contributed by atoms with Crippen LogP contribution in [0, 0.1) is 24.6 Å². The van der Waals surface area contributed by atoms with Gasteiger partial charge >= 0.3 is 0 Å². The molecule has 5 aromatic rings. The number of nitrogens with zero attached hydrogens (tertiary/aromatic N) is 1. The molecule has 1 fully saturated rings. The fourth-order valence-corrected chi connectivity index (χ4v) is 7.12. The van der Waals surface area contributed by atoms with Gasteiger partial charge in [0.2, 0.25) is 5.69 Å². The Morgan fingerprint density at radius 3 is 2.41 bits per heavy atom. The zero-order valence-electron chi connectivity index (χ0n) is 21.7. The van der Waals surface area contributed by atoms with Crippen LogP contribution in [0.25, 0.3) is 44.3 Å². The Bertz CT molecular complexity index is 1660. The predicted molar refractivity (Wildman–Crippen MR) is 148 cm³/mol. The molecule has 0 N–H and O–H groups in total. The van der Waals surface area contributed by atoms with E-state index < -0.39 is 0 Å². The van der Waals surface area contributed by atoms with Gasteiger partial charge in [-0.05, 0) is 78.5 Å². The lowest BCUT2D eigenvalue weighted by Crippen LogP contribution is -2.30. The highest BCUT2D eigenvalue weighted by molar-refractivity contribution is 6.13. The van der Waals surface area contributed by atoms with Crippen molar-refractivity contribution in [2.45, 2.75) is 51.9 Å². The first-order valence-corrected chi connectivity index (χ1v) is 13.8. The third kappa shape index (κ3) is 3.70. The van der Waals surface area contributed by atoms with Crippen molar-refractivity contribution in [1.29, 1.82) is 0 Å². The number of furan rings is 1. The number of hydrogen-bond acceptors (Lipinski definition) is 1. The van der Waals surface area contributed by atoms with Crippen molar-refractivity contribution in [2.24, 2.45) is 18.9 Å². The van der Waals surface area contributed by atoms with Gasteiger partial charge in [0.15, 0.2) is 6.20 Å². The van der Waals surface area contributed by atoms with Crippen molar-refractivity contribution in [3.63, 3.8) is 0 Å². The normalized spacial score (nSPS) is 18.1. The quantitative estimate of drug-likeness (QED) is 0.232. The van der Waals surface area contributed by atoms with Crippen LogP contribution in [0.2, 0.25) is 0 Å². The third-order valence-electron chi connectivity index (χ3n) is 9.11. The highest BCUT2D eigenvalue weighted by Gasteiger charge is 2.29. The van der Waals surface area contributed by atoms with E-state index in [1.54, 1.807) is 6.07 Å². The highest BCUT2D eigenvalue weighted by atomic mass is 19.1. The molecule has 2 aliphatic rings. The summed E-state index contributed by atoms with van der Waals surface area (Å²) in [5.41, 5.74) is 9.08. The van der Waals surface area contributed by atoms with Crippen LogP contribution in [0.5, 0.6) is 0 Å². The van der Waals surface area contributed by atoms with Crippen molar-refractivity contribution >= 4 is 21.9 Å². The average Bonchev–Trinajstić information content (AvgIpc) is 3.57. The van der Waals surface area contributed by atoms with Crippen LogP contribution >= 0.6 is 0 Å². The van der Waals surface area contributed by atoms with Gasteiger partial charge in [-0.1, -0.05) is 56.0 Å². The molecule has 1 atom stereocenters. The van der Waals surface area contributed by atoms with Gasteiger partial charge in [0.1, 0.15) is 24.0 Å². The average molecular weight is 491 g/mol. The molecular weight excluding hydrogens is 457 g/mol. The number of rotatable bonds is 3. The van der Waals surface area contributed by atoms with Crippen LogP contribution in [-0.2, 0) is 19.9 Å². The minimum Gasteiger partial charge on any atom is -0.454 e. The molecule has 0 bridgehead atoms. The number of pyridine rings is 1. The summed E-state index contributed by atoms with van der Waals surface area (Å²) < 4.78 is 24.3. The maximum atomic E-state index is 15.5. The Morgan fingerprint density at radius 1 is 0.811 bits per heavy atom. The molecular formula is C34H33FNO+. The van der Waals surface area contributed by atoms with E-state index in [4.69, 9.17) is 4.42 Å². The van der Waals surface area contributed by atoms with Gasteiger partial charge < -0.3 is 4.42 Å². The number of aryl methyl sites for hydroxylation is 3. The van der Waals surface area contributed by atoms with Gasteiger partial charge in [0, 0.05) is 22.9 Å². The summed E-state index contributed by atoms with van der Waals surface area (Å²) in [6.07, 6.45) is 11.2. The Kier molecular flexibility index (Phi) is 5.42. The summed E-state index contributed by atoms with van der Waals surface area (Å²) in [4.78, 5) is 0. The maximum Gasteiger partial charge on any atom is 0.216 e. The van der Waals surface area contributed by atoms with Gasteiger partial charge in [0.05, 0.1) is 11.1 Å². The minimum absolute atomic E-state index is 0.227. The van der Waals surface area contributed by atoms with Gasteiger partial charge in [-0.25, -0.2) is 8.96 Å². The first-order chi connectivity index (χ1) is 18.1. The van der Waals surface area contributed by atoms with Gasteiger partial charge in [-0.3, -0.25) is 0 Å². The van der Waals surface area contributed by atoms with Crippen molar-refractivity contribution in [3.05, 3.63) is 89.4 Å². The second-order valence-corrected chi connectivity index (χ2v) is 11.3. The SMILES string of the molecule is Cc1ccc2c(oc3c(-c4ccc5c(c4)CCC(C4CCCC4)C5)c(F)ccc32)c1-c1cccc[n+]1C.